The second-order valence-corrected chi connectivity index (χ2v) is 7.32. The molecular weight excluding hydrogens is 456 g/mol. The lowest BCUT2D eigenvalue weighted by Gasteiger charge is -2.16. The van der Waals surface area contributed by atoms with E-state index in [0.717, 1.165) is 11.6 Å². The maximum atomic E-state index is 12.6. The summed E-state index contributed by atoms with van der Waals surface area (Å²) >= 11 is 0. The van der Waals surface area contributed by atoms with Crippen molar-refractivity contribution in [2.75, 3.05) is 19.5 Å². The summed E-state index contributed by atoms with van der Waals surface area (Å²) in [6, 6.07) is 17.9. The van der Waals surface area contributed by atoms with Crippen LogP contribution in [0.5, 0.6) is 17.2 Å². The number of carbonyl (C=O) groups excluding carboxylic acids is 2. The minimum atomic E-state index is -1.20. The Labute approximate surface area is 201 Å². The zero-order chi connectivity index (χ0) is 25.4. The number of benzene rings is 3. The molecule has 0 spiro atoms. The molecular formula is C25H24N2O8. The largest absolute Gasteiger partial charge is 0.495 e. The summed E-state index contributed by atoms with van der Waals surface area (Å²) in [6.45, 7) is 1.70. The number of nitro groups is 1. The van der Waals surface area contributed by atoms with Gasteiger partial charge in [-0.15, -0.1) is 0 Å². The van der Waals surface area contributed by atoms with Crippen molar-refractivity contribution in [3.05, 3.63) is 88.0 Å². The molecule has 0 aliphatic rings. The van der Waals surface area contributed by atoms with E-state index in [2.05, 4.69) is 5.32 Å². The lowest BCUT2D eigenvalue weighted by molar-refractivity contribution is -0.384. The number of ether oxygens (including phenoxy) is 4. The van der Waals surface area contributed by atoms with Crippen molar-refractivity contribution in [2.24, 2.45) is 0 Å². The van der Waals surface area contributed by atoms with Crippen LogP contribution in [0.25, 0.3) is 0 Å². The van der Waals surface area contributed by atoms with Gasteiger partial charge in [0.15, 0.2) is 17.6 Å². The Morgan fingerprint density at radius 1 is 0.943 bits per heavy atom. The Morgan fingerprint density at radius 2 is 1.63 bits per heavy atom. The summed E-state index contributed by atoms with van der Waals surface area (Å²) in [5.41, 5.74) is 0.975. The highest BCUT2D eigenvalue weighted by molar-refractivity contribution is 5.98. The SMILES string of the molecule is COc1ccc([N+](=O)[O-])cc1NC(=O)[C@H](C)OC(=O)c1ccc(OCc2ccccc2)c(OC)c1. The molecule has 3 rings (SSSR count). The highest BCUT2D eigenvalue weighted by Gasteiger charge is 2.22. The first-order chi connectivity index (χ1) is 16.8. The summed E-state index contributed by atoms with van der Waals surface area (Å²) in [6.07, 6.45) is -1.20. The Morgan fingerprint density at radius 3 is 2.29 bits per heavy atom. The number of hydrogen-bond acceptors (Lipinski definition) is 8. The summed E-state index contributed by atoms with van der Waals surface area (Å²) < 4.78 is 21.5. The normalized spacial score (nSPS) is 11.2. The second kappa shape index (κ2) is 11.5. The first kappa shape index (κ1) is 25.0. The van der Waals surface area contributed by atoms with E-state index < -0.39 is 22.9 Å². The molecule has 0 radical (unpaired) electrons. The maximum Gasteiger partial charge on any atom is 0.339 e. The molecule has 0 unspecified atom stereocenters. The van der Waals surface area contributed by atoms with Gasteiger partial charge in [-0.1, -0.05) is 30.3 Å². The highest BCUT2D eigenvalue weighted by Crippen LogP contribution is 2.30. The van der Waals surface area contributed by atoms with E-state index in [1.54, 1.807) is 6.07 Å². The lowest BCUT2D eigenvalue weighted by atomic mass is 10.2. The van der Waals surface area contributed by atoms with Crippen LogP contribution in [-0.2, 0) is 16.1 Å². The Bertz CT molecular complexity index is 1210. The molecule has 0 saturated heterocycles. The van der Waals surface area contributed by atoms with E-state index in [0.29, 0.717) is 18.1 Å². The first-order valence-electron chi connectivity index (χ1n) is 10.5. The van der Waals surface area contributed by atoms with Crippen molar-refractivity contribution < 1.29 is 33.5 Å². The van der Waals surface area contributed by atoms with Crippen molar-refractivity contribution in [3.63, 3.8) is 0 Å². The first-order valence-corrected chi connectivity index (χ1v) is 10.5. The van der Waals surface area contributed by atoms with Crippen molar-refractivity contribution in [2.45, 2.75) is 19.6 Å². The molecule has 0 aliphatic heterocycles. The number of nitrogens with zero attached hydrogens (tertiary/aromatic N) is 1. The van der Waals surface area contributed by atoms with Crippen LogP contribution in [-0.4, -0.2) is 37.1 Å². The minimum Gasteiger partial charge on any atom is -0.495 e. The van der Waals surface area contributed by atoms with Crippen LogP contribution in [0.15, 0.2) is 66.7 Å². The van der Waals surface area contributed by atoms with Gasteiger partial charge in [-0.2, -0.15) is 0 Å². The van der Waals surface area contributed by atoms with Crippen LogP contribution in [0.1, 0.15) is 22.8 Å². The predicted molar refractivity (Wildman–Crippen MR) is 127 cm³/mol. The number of anilines is 1. The molecule has 1 atom stereocenters. The minimum absolute atomic E-state index is 0.0798. The van der Waals surface area contributed by atoms with E-state index in [-0.39, 0.29) is 22.7 Å². The van der Waals surface area contributed by atoms with Crippen LogP contribution < -0.4 is 19.5 Å². The lowest BCUT2D eigenvalue weighted by Crippen LogP contribution is -2.30. The average molecular weight is 480 g/mol. The monoisotopic (exact) mass is 480 g/mol. The number of methoxy groups -OCH3 is 2. The third-order valence-corrected chi connectivity index (χ3v) is 4.94. The molecule has 0 aliphatic carbocycles. The number of hydrogen-bond donors (Lipinski definition) is 1. The number of amides is 1. The zero-order valence-corrected chi connectivity index (χ0v) is 19.3. The van der Waals surface area contributed by atoms with Crippen LogP contribution in [0.2, 0.25) is 0 Å². The molecule has 0 saturated carbocycles. The molecule has 0 heterocycles. The number of nitrogens with one attached hydrogen (secondary N) is 1. The van der Waals surface area contributed by atoms with Gasteiger partial charge in [0.05, 0.1) is 30.4 Å². The fourth-order valence-electron chi connectivity index (χ4n) is 3.07. The van der Waals surface area contributed by atoms with E-state index in [9.17, 15) is 19.7 Å². The van der Waals surface area contributed by atoms with Gasteiger partial charge < -0.3 is 24.3 Å². The van der Waals surface area contributed by atoms with Crippen LogP contribution in [0.3, 0.4) is 0 Å². The third-order valence-electron chi connectivity index (χ3n) is 4.94. The Hall–Kier alpha value is -4.60. The highest BCUT2D eigenvalue weighted by atomic mass is 16.6. The molecule has 0 fully saturated rings. The molecule has 10 nitrogen and oxygen atoms in total. The molecule has 3 aromatic rings. The van der Waals surface area contributed by atoms with Gasteiger partial charge in [0.1, 0.15) is 12.4 Å². The van der Waals surface area contributed by atoms with Crippen LogP contribution in [0.4, 0.5) is 11.4 Å². The van der Waals surface area contributed by atoms with Gasteiger partial charge in [0, 0.05) is 12.1 Å². The quantitative estimate of drug-likeness (QED) is 0.257. The fraction of sp³-hybridized carbons (Fsp3) is 0.200. The Kier molecular flexibility index (Phi) is 8.23. The molecule has 0 aromatic heterocycles. The van der Waals surface area contributed by atoms with Crippen molar-refractivity contribution in [1.29, 1.82) is 0 Å². The number of non-ortho nitro benzene ring substituents is 1. The van der Waals surface area contributed by atoms with Crippen molar-refractivity contribution >= 4 is 23.3 Å². The van der Waals surface area contributed by atoms with Gasteiger partial charge in [-0.25, -0.2) is 4.79 Å². The second-order valence-electron chi connectivity index (χ2n) is 7.32. The molecule has 182 valence electrons. The topological polar surface area (TPSA) is 126 Å². The number of carbonyl (C=O) groups is 2. The predicted octanol–water partition coefficient (Wildman–Crippen LogP) is 4.38. The summed E-state index contributed by atoms with van der Waals surface area (Å²) in [7, 11) is 2.81. The van der Waals surface area contributed by atoms with Gasteiger partial charge in [-0.3, -0.25) is 14.9 Å². The number of rotatable bonds is 10. The molecule has 10 heteroatoms. The van der Waals surface area contributed by atoms with E-state index in [1.165, 1.54) is 45.4 Å². The van der Waals surface area contributed by atoms with E-state index in [1.807, 2.05) is 30.3 Å². The van der Waals surface area contributed by atoms with Gasteiger partial charge in [-0.05, 0) is 36.8 Å². The maximum absolute atomic E-state index is 12.6. The molecule has 1 amide bonds. The van der Waals surface area contributed by atoms with Gasteiger partial charge in [0.25, 0.3) is 11.6 Å². The van der Waals surface area contributed by atoms with E-state index in [4.69, 9.17) is 18.9 Å². The van der Waals surface area contributed by atoms with Gasteiger partial charge in [0.2, 0.25) is 0 Å². The molecule has 1 N–H and O–H groups in total. The Balaban J connectivity index is 1.66. The third kappa shape index (κ3) is 6.47. The van der Waals surface area contributed by atoms with Crippen LogP contribution >= 0.6 is 0 Å². The molecule has 35 heavy (non-hydrogen) atoms. The average Bonchev–Trinajstić information content (AvgIpc) is 2.87. The summed E-state index contributed by atoms with van der Waals surface area (Å²) in [5, 5.41) is 13.5. The number of esters is 1. The van der Waals surface area contributed by atoms with Gasteiger partial charge >= 0.3 is 5.97 Å². The number of nitro benzene ring substituents is 1. The van der Waals surface area contributed by atoms with Crippen molar-refractivity contribution in [3.8, 4) is 17.2 Å². The fourth-order valence-corrected chi connectivity index (χ4v) is 3.07. The van der Waals surface area contributed by atoms with Crippen LogP contribution in [0, 0.1) is 10.1 Å². The molecule has 0 bridgehead atoms. The van der Waals surface area contributed by atoms with E-state index >= 15 is 0 Å². The van der Waals surface area contributed by atoms with Crippen molar-refractivity contribution in [1.82, 2.24) is 0 Å². The zero-order valence-electron chi connectivity index (χ0n) is 19.3. The summed E-state index contributed by atoms with van der Waals surface area (Å²) in [5.74, 6) is -0.456. The summed E-state index contributed by atoms with van der Waals surface area (Å²) in [4.78, 5) is 35.6. The smallest absolute Gasteiger partial charge is 0.339 e. The molecule has 3 aromatic carbocycles. The standard InChI is InChI=1S/C25H24N2O8/c1-16(24(28)26-20-14-19(27(30)31)10-12-21(20)32-2)35-25(29)18-9-11-22(23(13-18)33-3)34-15-17-7-5-4-6-8-17/h4-14,16H,15H2,1-3H3,(H,26,28)/t16-/m0/s1.